The summed E-state index contributed by atoms with van der Waals surface area (Å²) in [5, 5.41) is 11.4. The molecule has 2 aromatic rings. The predicted molar refractivity (Wildman–Crippen MR) is 120 cm³/mol. The number of hydrogen-bond acceptors (Lipinski definition) is 7. The summed E-state index contributed by atoms with van der Waals surface area (Å²) < 4.78 is 32.2. The van der Waals surface area contributed by atoms with Gasteiger partial charge >= 0.3 is 0 Å². The molecule has 1 fully saturated rings. The minimum Gasteiger partial charge on any atom is -0.411 e. The smallest absolute Gasteiger partial charge is 0.277 e. The van der Waals surface area contributed by atoms with E-state index in [9.17, 15) is 13.2 Å². The van der Waals surface area contributed by atoms with Gasteiger partial charge in [0.05, 0.1) is 10.6 Å². The summed E-state index contributed by atoms with van der Waals surface area (Å²) in [6.07, 6.45) is 4.57. The van der Waals surface area contributed by atoms with Gasteiger partial charge in [-0.15, -0.1) is 10.2 Å². The molecule has 0 spiro atoms. The number of sulfonamides is 1. The van der Waals surface area contributed by atoms with Crippen LogP contribution in [0.3, 0.4) is 0 Å². The fraction of sp³-hybridized carbons (Fsp3) is 0.571. The highest BCUT2D eigenvalue weighted by atomic mass is 32.2. The van der Waals surface area contributed by atoms with E-state index in [1.54, 1.807) is 24.3 Å². The van der Waals surface area contributed by atoms with Crippen LogP contribution in [0.2, 0.25) is 0 Å². The van der Waals surface area contributed by atoms with E-state index < -0.39 is 10.0 Å². The third kappa shape index (κ3) is 5.87. The van der Waals surface area contributed by atoms with Gasteiger partial charge < -0.3 is 9.73 Å². The third-order valence-corrected chi connectivity index (χ3v) is 8.52. The zero-order valence-corrected chi connectivity index (χ0v) is 19.8. The Bertz CT molecular complexity index is 972. The summed E-state index contributed by atoms with van der Waals surface area (Å²) in [7, 11) is -3.51. The van der Waals surface area contributed by atoms with E-state index in [4.69, 9.17) is 4.42 Å². The average molecular weight is 467 g/mol. The molecular weight excluding hydrogens is 436 g/mol. The molecule has 0 saturated heterocycles. The number of thioether (sulfide) groups is 1. The van der Waals surface area contributed by atoms with Crippen LogP contribution in [0.1, 0.15) is 46.5 Å². The van der Waals surface area contributed by atoms with Gasteiger partial charge in [-0.25, -0.2) is 8.42 Å². The molecule has 170 valence electrons. The highest BCUT2D eigenvalue weighted by molar-refractivity contribution is 7.99. The second-order valence-electron chi connectivity index (χ2n) is 7.71. The molecule has 1 amide bonds. The fourth-order valence-corrected chi connectivity index (χ4v) is 5.81. The first-order valence-corrected chi connectivity index (χ1v) is 13.1. The molecule has 1 saturated carbocycles. The summed E-state index contributed by atoms with van der Waals surface area (Å²) in [4.78, 5) is 12.5. The van der Waals surface area contributed by atoms with Crippen LogP contribution in [-0.2, 0) is 14.8 Å². The zero-order chi connectivity index (χ0) is 22.4. The van der Waals surface area contributed by atoms with Crippen LogP contribution < -0.4 is 5.32 Å². The first kappa shape index (κ1) is 23.7. The lowest BCUT2D eigenvalue weighted by Gasteiger charge is -2.29. The number of aromatic nitrogens is 2. The SMILES string of the molecule is CCN(CC)S(=O)(=O)c1ccc(-c2nnc(SCC(=O)N[C@@H]3CCCC[C@H]3C)o2)cc1. The molecule has 1 N–H and O–H groups in total. The predicted octanol–water partition coefficient (Wildman–Crippen LogP) is 3.55. The van der Waals surface area contributed by atoms with Crippen molar-refractivity contribution in [1.82, 2.24) is 19.8 Å². The van der Waals surface area contributed by atoms with Gasteiger partial charge in [0, 0.05) is 24.7 Å². The zero-order valence-electron chi connectivity index (χ0n) is 18.2. The number of carbonyl (C=O) groups excluding carboxylic acids is 1. The standard InChI is InChI=1S/C21H30N4O4S2/c1-4-25(5-2)31(27,28)17-12-10-16(11-13-17)20-23-24-21(29-20)30-14-19(26)22-18-9-7-6-8-15(18)3/h10-13,15,18H,4-9,14H2,1-3H3,(H,22,26)/t15-,18-/m1/s1. The molecular formula is C21H30N4O4S2. The molecule has 0 radical (unpaired) electrons. The average Bonchev–Trinajstić information content (AvgIpc) is 3.24. The second kappa shape index (κ2) is 10.6. The molecule has 3 rings (SSSR count). The van der Waals surface area contributed by atoms with Gasteiger partial charge in [0.1, 0.15) is 0 Å². The van der Waals surface area contributed by atoms with Crippen LogP contribution in [0.5, 0.6) is 0 Å². The monoisotopic (exact) mass is 466 g/mol. The van der Waals surface area contributed by atoms with Crippen molar-refractivity contribution in [1.29, 1.82) is 0 Å². The van der Waals surface area contributed by atoms with E-state index in [-0.39, 0.29) is 28.5 Å². The quantitative estimate of drug-likeness (QED) is 0.563. The Hall–Kier alpha value is -1.91. The lowest BCUT2D eigenvalue weighted by atomic mass is 9.86. The van der Waals surface area contributed by atoms with Crippen LogP contribution >= 0.6 is 11.8 Å². The Morgan fingerprint density at radius 3 is 2.48 bits per heavy atom. The van der Waals surface area contributed by atoms with Crippen LogP contribution in [0.15, 0.2) is 38.8 Å². The number of rotatable bonds is 9. The van der Waals surface area contributed by atoms with Crippen LogP contribution in [0, 0.1) is 5.92 Å². The van der Waals surface area contributed by atoms with Gasteiger partial charge in [-0.3, -0.25) is 4.79 Å². The summed E-state index contributed by atoms with van der Waals surface area (Å²) in [6, 6.07) is 6.62. The van der Waals surface area contributed by atoms with Gasteiger partial charge in [-0.05, 0) is 43.0 Å². The van der Waals surface area contributed by atoms with Gasteiger partial charge in [0.15, 0.2) is 0 Å². The molecule has 0 unspecified atom stereocenters. The van der Waals surface area contributed by atoms with E-state index >= 15 is 0 Å². The Labute approximate surface area is 188 Å². The molecule has 1 heterocycles. The summed E-state index contributed by atoms with van der Waals surface area (Å²) in [5.41, 5.74) is 0.623. The molecule has 0 bridgehead atoms. The van der Waals surface area contributed by atoms with Crippen LogP contribution in [0.4, 0.5) is 0 Å². The Morgan fingerprint density at radius 2 is 1.84 bits per heavy atom. The molecule has 1 aliphatic rings. The van der Waals surface area contributed by atoms with E-state index in [2.05, 4.69) is 22.4 Å². The molecule has 2 atom stereocenters. The van der Waals surface area contributed by atoms with E-state index in [0.717, 1.165) is 19.3 Å². The summed E-state index contributed by atoms with van der Waals surface area (Å²) in [6.45, 7) is 6.63. The number of nitrogens with zero attached hydrogens (tertiary/aromatic N) is 3. The number of nitrogens with one attached hydrogen (secondary N) is 1. The minimum absolute atomic E-state index is 0.0329. The van der Waals surface area contributed by atoms with Crippen molar-refractivity contribution in [2.45, 2.75) is 62.6 Å². The molecule has 1 aliphatic carbocycles. The van der Waals surface area contributed by atoms with Crippen molar-refractivity contribution < 1.29 is 17.6 Å². The largest absolute Gasteiger partial charge is 0.411 e. The molecule has 8 nitrogen and oxygen atoms in total. The number of amides is 1. The first-order chi connectivity index (χ1) is 14.8. The Balaban J connectivity index is 1.58. The fourth-order valence-electron chi connectivity index (χ4n) is 3.77. The molecule has 10 heteroatoms. The number of benzene rings is 1. The topological polar surface area (TPSA) is 105 Å². The second-order valence-corrected chi connectivity index (χ2v) is 10.6. The highest BCUT2D eigenvalue weighted by Gasteiger charge is 2.24. The van der Waals surface area contributed by atoms with Gasteiger partial charge in [0.2, 0.25) is 21.8 Å². The first-order valence-electron chi connectivity index (χ1n) is 10.7. The Morgan fingerprint density at radius 1 is 1.16 bits per heavy atom. The summed E-state index contributed by atoms with van der Waals surface area (Å²) >= 11 is 1.20. The molecule has 0 aliphatic heterocycles. The van der Waals surface area contributed by atoms with E-state index in [1.165, 1.54) is 22.5 Å². The molecule has 31 heavy (non-hydrogen) atoms. The van der Waals surface area contributed by atoms with Crippen LogP contribution in [-0.4, -0.2) is 53.7 Å². The van der Waals surface area contributed by atoms with Crippen molar-refractivity contribution in [3.05, 3.63) is 24.3 Å². The van der Waals surface area contributed by atoms with Crippen LogP contribution in [0.25, 0.3) is 11.5 Å². The van der Waals surface area contributed by atoms with Gasteiger partial charge in [-0.1, -0.05) is 45.4 Å². The van der Waals surface area contributed by atoms with E-state index in [0.29, 0.717) is 29.8 Å². The highest BCUT2D eigenvalue weighted by Crippen LogP contribution is 2.26. The normalized spacial score (nSPS) is 19.5. The van der Waals surface area contributed by atoms with Crippen molar-refractivity contribution in [3.63, 3.8) is 0 Å². The molecule has 1 aromatic carbocycles. The van der Waals surface area contributed by atoms with Gasteiger partial charge in [-0.2, -0.15) is 4.31 Å². The maximum absolute atomic E-state index is 12.6. The Kier molecular flexibility index (Phi) is 8.12. The number of carbonyl (C=O) groups is 1. The van der Waals surface area contributed by atoms with Crippen molar-refractivity contribution in [2.24, 2.45) is 5.92 Å². The maximum atomic E-state index is 12.6. The number of hydrogen-bond donors (Lipinski definition) is 1. The maximum Gasteiger partial charge on any atom is 0.277 e. The van der Waals surface area contributed by atoms with Crippen molar-refractivity contribution >= 4 is 27.7 Å². The summed E-state index contributed by atoms with van der Waals surface area (Å²) in [5.74, 6) is 0.975. The van der Waals surface area contributed by atoms with E-state index in [1.807, 2.05) is 13.8 Å². The lowest BCUT2D eigenvalue weighted by Crippen LogP contribution is -2.41. The third-order valence-electron chi connectivity index (χ3n) is 5.64. The molecule has 1 aromatic heterocycles. The van der Waals surface area contributed by atoms with Crippen molar-refractivity contribution in [3.8, 4) is 11.5 Å². The lowest BCUT2D eigenvalue weighted by molar-refractivity contribution is -0.119. The van der Waals surface area contributed by atoms with Gasteiger partial charge in [0.25, 0.3) is 5.22 Å². The minimum atomic E-state index is -3.51. The van der Waals surface area contributed by atoms with Crippen molar-refractivity contribution in [2.75, 3.05) is 18.8 Å².